The predicted molar refractivity (Wildman–Crippen MR) is 116 cm³/mol. The molecule has 1 aromatic heterocycles. The summed E-state index contributed by atoms with van der Waals surface area (Å²) in [6.07, 6.45) is 0.771. The maximum absolute atomic E-state index is 12.8. The van der Waals surface area contributed by atoms with Crippen molar-refractivity contribution >= 4 is 29.0 Å². The Morgan fingerprint density at radius 2 is 1.86 bits per heavy atom. The predicted octanol–water partition coefficient (Wildman–Crippen LogP) is 4.42. The van der Waals surface area contributed by atoms with E-state index in [2.05, 4.69) is 22.5 Å². The lowest BCUT2D eigenvalue weighted by Crippen LogP contribution is -2.35. The fourth-order valence-corrected chi connectivity index (χ4v) is 4.36. The van der Waals surface area contributed by atoms with Gasteiger partial charge in [0.05, 0.1) is 17.3 Å². The summed E-state index contributed by atoms with van der Waals surface area (Å²) in [7, 11) is 0. The van der Waals surface area contributed by atoms with Gasteiger partial charge in [-0.1, -0.05) is 30.3 Å². The lowest BCUT2D eigenvalue weighted by molar-refractivity contribution is 0.0724. The number of hydrogen-bond donors (Lipinski definition) is 1. The van der Waals surface area contributed by atoms with Crippen molar-refractivity contribution in [2.75, 3.05) is 19.7 Å². The van der Waals surface area contributed by atoms with E-state index in [9.17, 15) is 9.90 Å². The van der Waals surface area contributed by atoms with E-state index in [1.807, 2.05) is 49.4 Å². The zero-order valence-corrected chi connectivity index (χ0v) is 17.5. The van der Waals surface area contributed by atoms with Crippen LogP contribution in [0, 0.1) is 6.92 Å². The number of aliphatic hydroxyl groups is 1. The first-order chi connectivity index (χ1) is 13.7. The lowest BCUT2D eigenvalue weighted by Gasteiger charge is -2.22. The first kappa shape index (κ1) is 20.6. The van der Waals surface area contributed by atoms with Gasteiger partial charge in [-0.05, 0) is 43.2 Å². The summed E-state index contributed by atoms with van der Waals surface area (Å²) in [5.41, 5.74) is 2.92. The molecule has 0 aliphatic carbocycles. The maximum atomic E-state index is 12.8. The molecule has 2 aromatic carbocycles. The quantitative estimate of drug-likeness (QED) is 0.529. The molecular weight excluding hydrogens is 388 g/mol. The van der Waals surface area contributed by atoms with Crippen molar-refractivity contribution in [1.82, 2.24) is 9.88 Å². The SMILES string of the molecule is Cc1nc(CSc2ccc(C(=O)N(CCO)CCc3ccccc3)cc2)cs1. The van der Waals surface area contributed by atoms with E-state index in [1.165, 1.54) is 5.56 Å². The summed E-state index contributed by atoms with van der Waals surface area (Å²) >= 11 is 3.37. The fraction of sp³-hybridized carbons (Fsp3) is 0.273. The minimum atomic E-state index is -0.0448. The van der Waals surface area contributed by atoms with Crippen LogP contribution in [0.4, 0.5) is 0 Å². The number of thiazole rings is 1. The van der Waals surface area contributed by atoms with Crippen molar-refractivity contribution in [3.05, 3.63) is 81.8 Å². The molecule has 0 unspecified atom stereocenters. The molecule has 28 heavy (non-hydrogen) atoms. The van der Waals surface area contributed by atoms with Crippen LogP contribution in [-0.2, 0) is 12.2 Å². The van der Waals surface area contributed by atoms with Gasteiger partial charge in [-0.15, -0.1) is 23.1 Å². The molecule has 6 heteroatoms. The third kappa shape index (κ3) is 5.92. The molecule has 1 N–H and O–H groups in total. The molecule has 1 amide bonds. The highest BCUT2D eigenvalue weighted by molar-refractivity contribution is 7.98. The van der Waals surface area contributed by atoms with Crippen LogP contribution in [0.25, 0.3) is 0 Å². The van der Waals surface area contributed by atoms with Crippen molar-refractivity contribution in [3.63, 3.8) is 0 Å². The van der Waals surface area contributed by atoms with Crippen molar-refractivity contribution in [1.29, 1.82) is 0 Å². The van der Waals surface area contributed by atoms with Gasteiger partial charge in [-0.3, -0.25) is 4.79 Å². The third-order valence-electron chi connectivity index (χ3n) is 4.32. The Morgan fingerprint density at radius 3 is 2.50 bits per heavy atom. The average molecular weight is 413 g/mol. The zero-order chi connectivity index (χ0) is 19.8. The largest absolute Gasteiger partial charge is 0.395 e. The molecule has 1 heterocycles. The first-order valence-corrected chi connectivity index (χ1v) is 11.1. The van der Waals surface area contributed by atoms with Gasteiger partial charge >= 0.3 is 0 Å². The Hall–Kier alpha value is -2.15. The lowest BCUT2D eigenvalue weighted by atomic mass is 10.1. The van der Waals surface area contributed by atoms with Gasteiger partial charge in [0.2, 0.25) is 0 Å². The normalized spacial score (nSPS) is 10.8. The number of rotatable bonds is 9. The Balaban J connectivity index is 1.58. The molecule has 0 saturated heterocycles. The first-order valence-electron chi connectivity index (χ1n) is 9.23. The summed E-state index contributed by atoms with van der Waals surface area (Å²) in [6, 6.07) is 17.8. The van der Waals surface area contributed by atoms with Gasteiger partial charge in [0.1, 0.15) is 0 Å². The molecular formula is C22H24N2O2S2. The van der Waals surface area contributed by atoms with Crippen LogP contribution < -0.4 is 0 Å². The molecule has 4 nitrogen and oxygen atoms in total. The standard InChI is InChI=1S/C22H24N2O2S2/c1-17-23-20(15-27-17)16-28-21-9-7-19(8-10-21)22(26)24(13-14-25)12-11-18-5-3-2-4-6-18/h2-10,15,25H,11-14,16H2,1H3. The van der Waals surface area contributed by atoms with E-state index in [0.29, 0.717) is 18.7 Å². The minimum absolute atomic E-state index is 0.0402. The molecule has 146 valence electrons. The third-order valence-corrected chi connectivity index (χ3v) is 6.19. The number of benzene rings is 2. The number of carbonyl (C=O) groups is 1. The highest BCUT2D eigenvalue weighted by atomic mass is 32.2. The summed E-state index contributed by atoms with van der Waals surface area (Å²) in [6.45, 7) is 2.89. The van der Waals surface area contributed by atoms with Crippen molar-refractivity contribution in [3.8, 4) is 0 Å². The molecule has 3 aromatic rings. The van der Waals surface area contributed by atoms with Crippen LogP contribution in [-0.4, -0.2) is 40.6 Å². The molecule has 0 aliphatic rings. The van der Waals surface area contributed by atoms with Crippen LogP contribution in [0.3, 0.4) is 0 Å². The second-order valence-corrected chi connectivity index (χ2v) is 8.53. The summed E-state index contributed by atoms with van der Waals surface area (Å²) in [4.78, 5) is 20.1. The highest BCUT2D eigenvalue weighted by Crippen LogP contribution is 2.24. The number of aryl methyl sites for hydroxylation is 1. The van der Waals surface area contributed by atoms with Gasteiger partial charge in [0.25, 0.3) is 5.91 Å². The minimum Gasteiger partial charge on any atom is -0.395 e. The molecule has 0 spiro atoms. The number of aromatic nitrogens is 1. The van der Waals surface area contributed by atoms with Gasteiger partial charge in [0.15, 0.2) is 0 Å². The van der Waals surface area contributed by atoms with Gasteiger partial charge < -0.3 is 10.0 Å². The van der Waals surface area contributed by atoms with Crippen LogP contribution in [0.15, 0.2) is 64.9 Å². The van der Waals surface area contributed by atoms with E-state index in [0.717, 1.165) is 27.8 Å². The Morgan fingerprint density at radius 1 is 1.11 bits per heavy atom. The highest BCUT2D eigenvalue weighted by Gasteiger charge is 2.15. The van der Waals surface area contributed by atoms with Gasteiger partial charge in [-0.25, -0.2) is 4.98 Å². The van der Waals surface area contributed by atoms with Crippen molar-refractivity contribution in [2.45, 2.75) is 24.0 Å². The van der Waals surface area contributed by atoms with Crippen molar-refractivity contribution < 1.29 is 9.90 Å². The molecule has 3 rings (SSSR count). The molecule has 0 fully saturated rings. The Bertz CT molecular complexity index is 879. The monoisotopic (exact) mass is 412 g/mol. The van der Waals surface area contributed by atoms with E-state index >= 15 is 0 Å². The van der Waals surface area contributed by atoms with Crippen LogP contribution in [0.2, 0.25) is 0 Å². The summed E-state index contributed by atoms with van der Waals surface area (Å²) in [5.74, 6) is 0.780. The summed E-state index contributed by atoms with van der Waals surface area (Å²) in [5, 5.41) is 12.5. The maximum Gasteiger partial charge on any atom is 0.253 e. The molecule has 0 aliphatic heterocycles. The second kappa shape index (κ2) is 10.4. The number of amides is 1. The average Bonchev–Trinajstić information content (AvgIpc) is 3.15. The topological polar surface area (TPSA) is 53.4 Å². The number of hydrogen-bond acceptors (Lipinski definition) is 5. The van der Waals surface area contributed by atoms with Gasteiger partial charge in [-0.2, -0.15) is 0 Å². The number of nitrogens with zero attached hydrogens (tertiary/aromatic N) is 2. The van der Waals surface area contributed by atoms with E-state index in [4.69, 9.17) is 0 Å². The second-order valence-electron chi connectivity index (χ2n) is 6.42. The van der Waals surface area contributed by atoms with E-state index < -0.39 is 0 Å². The molecule has 0 radical (unpaired) electrons. The van der Waals surface area contributed by atoms with E-state index in [-0.39, 0.29) is 12.5 Å². The molecule has 0 atom stereocenters. The Labute approximate surface area is 174 Å². The molecule has 0 bridgehead atoms. The van der Waals surface area contributed by atoms with Crippen LogP contribution in [0.5, 0.6) is 0 Å². The van der Waals surface area contributed by atoms with Crippen molar-refractivity contribution in [2.24, 2.45) is 0 Å². The number of carbonyl (C=O) groups excluding carboxylic acids is 1. The van der Waals surface area contributed by atoms with E-state index in [1.54, 1.807) is 28.0 Å². The van der Waals surface area contributed by atoms with Gasteiger partial charge in [0, 0.05) is 34.7 Å². The van der Waals surface area contributed by atoms with Crippen LogP contribution in [0.1, 0.15) is 26.6 Å². The smallest absolute Gasteiger partial charge is 0.253 e. The fourth-order valence-electron chi connectivity index (χ4n) is 2.85. The zero-order valence-electron chi connectivity index (χ0n) is 15.9. The molecule has 0 saturated carbocycles. The Kier molecular flexibility index (Phi) is 7.65. The summed E-state index contributed by atoms with van der Waals surface area (Å²) < 4.78 is 0. The van der Waals surface area contributed by atoms with Crippen LogP contribution >= 0.6 is 23.1 Å². The number of thioether (sulfide) groups is 1. The number of aliphatic hydroxyl groups excluding tert-OH is 1.